The molecule has 0 amide bonds. The third-order valence-electron chi connectivity index (χ3n) is 5.38. The first-order valence-electron chi connectivity index (χ1n) is 9.41. The van der Waals surface area contributed by atoms with Gasteiger partial charge in [0.25, 0.3) is 0 Å². The van der Waals surface area contributed by atoms with Crippen molar-refractivity contribution < 1.29 is 9.90 Å². The van der Waals surface area contributed by atoms with E-state index < -0.39 is 5.97 Å². The van der Waals surface area contributed by atoms with Crippen LogP contribution in [-0.4, -0.2) is 28.7 Å². The Morgan fingerprint density at radius 2 is 1.81 bits per heavy atom. The van der Waals surface area contributed by atoms with Gasteiger partial charge in [-0.1, -0.05) is 41.9 Å². The minimum absolute atomic E-state index is 0.359. The van der Waals surface area contributed by atoms with Crippen molar-refractivity contribution in [2.45, 2.75) is 32.7 Å². The topological polar surface area (TPSA) is 45.5 Å². The molecule has 0 aliphatic carbocycles. The molecule has 1 fully saturated rings. The number of hydrogen-bond acceptors (Lipinski definition) is 2. The maximum Gasteiger partial charge on any atom is 0.354 e. The average Bonchev–Trinajstić information content (AvgIpc) is 2.97. The Labute approximate surface area is 164 Å². The van der Waals surface area contributed by atoms with Gasteiger partial charge in [-0.15, -0.1) is 0 Å². The number of nitrogens with zero attached hydrogens (tertiary/aromatic N) is 2. The van der Waals surface area contributed by atoms with Crippen LogP contribution < -0.4 is 4.90 Å². The Kier molecular flexibility index (Phi) is 4.83. The number of carboxylic acids is 1. The van der Waals surface area contributed by atoms with Crippen LogP contribution in [0.25, 0.3) is 10.9 Å². The van der Waals surface area contributed by atoms with Crippen LogP contribution in [-0.2, 0) is 6.54 Å². The molecule has 1 aromatic heterocycles. The molecule has 1 N–H and O–H groups in total. The number of aromatic nitrogens is 1. The van der Waals surface area contributed by atoms with Crippen LogP contribution in [0.2, 0.25) is 5.02 Å². The Morgan fingerprint density at radius 3 is 2.48 bits per heavy atom. The lowest BCUT2D eigenvalue weighted by Gasteiger charge is -2.29. The lowest BCUT2D eigenvalue weighted by molar-refractivity contribution is 0.0687. The summed E-state index contributed by atoms with van der Waals surface area (Å²) >= 11 is 6.42. The van der Waals surface area contributed by atoms with Crippen molar-refractivity contribution in [3.63, 3.8) is 0 Å². The highest BCUT2D eigenvalue weighted by Crippen LogP contribution is 2.38. The van der Waals surface area contributed by atoms with Gasteiger partial charge in [0, 0.05) is 30.0 Å². The molecule has 5 heteroatoms. The second kappa shape index (κ2) is 7.28. The third kappa shape index (κ3) is 3.30. The third-order valence-corrected chi connectivity index (χ3v) is 5.78. The second-order valence-corrected chi connectivity index (χ2v) is 7.65. The summed E-state index contributed by atoms with van der Waals surface area (Å²) in [5.74, 6) is -0.892. The average molecular weight is 383 g/mol. The van der Waals surface area contributed by atoms with Gasteiger partial charge in [-0.3, -0.25) is 0 Å². The number of halogens is 1. The first kappa shape index (κ1) is 17.9. The number of carboxylic acid groups (broad SMARTS) is 1. The highest BCUT2D eigenvalue weighted by atomic mass is 35.5. The van der Waals surface area contributed by atoms with E-state index in [9.17, 15) is 9.90 Å². The molecule has 1 aliphatic rings. The van der Waals surface area contributed by atoms with E-state index in [1.807, 2.05) is 54.0 Å². The van der Waals surface area contributed by atoms with Crippen LogP contribution in [0.3, 0.4) is 0 Å². The van der Waals surface area contributed by atoms with E-state index in [1.165, 1.54) is 6.42 Å². The summed E-state index contributed by atoms with van der Waals surface area (Å²) < 4.78 is 1.91. The van der Waals surface area contributed by atoms with E-state index in [0.29, 0.717) is 17.3 Å². The highest BCUT2D eigenvalue weighted by molar-refractivity contribution is 6.32. The molecule has 1 saturated heterocycles. The standard InChI is InChI=1S/C22H23ClN2O2/c1-15-12-17-19(13-18(15)23)25(14-16-8-4-2-5-9-16)21(22(26)27)20(17)24-10-6-3-7-11-24/h2,4-5,8-9,12-13H,3,6-7,10-11,14H2,1H3,(H,26,27). The quantitative estimate of drug-likeness (QED) is 0.662. The summed E-state index contributed by atoms with van der Waals surface area (Å²) in [6.07, 6.45) is 3.39. The summed E-state index contributed by atoms with van der Waals surface area (Å²) in [4.78, 5) is 14.6. The van der Waals surface area contributed by atoms with Crippen molar-refractivity contribution in [1.82, 2.24) is 4.57 Å². The van der Waals surface area contributed by atoms with Crippen LogP contribution in [0.4, 0.5) is 5.69 Å². The minimum atomic E-state index is -0.892. The van der Waals surface area contributed by atoms with Crippen LogP contribution >= 0.6 is 11.6 Å². The Balaban J connectivity index is 1.98. The van der Waals surface area contributed by atoms with E-state index >= 15 is 0 Å². The summed E-state index contributed by atoms with van der Waals surface area (Å²) in [6.45, 7) is 4.27. The summed E-state index contributed by atoms with van der Waals surface area (Å²) in [5.41, 5.74) is 4.12. The Hall–Kier alpha value is -2.46. The molecule has 3 aromatic rings. The maximum absolute atomic E-state index is 12.3. The number of anilines is 1. The molecule has 2 heterocycles. The lowest BCUT2D eigenvalue weighted by atomic mass is 10.1. The predicted octanol–water partition coefficient (Wildman–Crippen LogP) is 5.34. The van der Waals surface area contributed by atoms with Crippen molar-refractivity contribution in [1.29, 1.82) is 0 Å². The van der Waals surface area contributed by atoms with Crippen molar-refractivity contribution in [3.8, 4) is 0 Å². The van der Waals surface area contributed by atoms with Gasteiger partial charge in [0.1, 0.15) is 0 Å². The van der Waals surface area contributed by atoms with Gasteiger partial charge >= 0.3 is 5.97 Å². The fourth-order valence-electron chi connectivity index (χ4n) is 4.04. The number of hydrogen-bond donors (Lipinski definition) is 1. The molecular formula is C22H23ClN2O2. The number of aromatic carboxylic acids is 1. The molecule has 0 saturated carbocycles. The Bertz CT molecular complexity index is 989. The monoisotopic (exact) mass is 382 g/mol. The second-order valence-electron chi connectivity index (χ2n) is 7.24. The summed E-state index contributed by atoms with van der Waals surface area (Å²) in [6, 6.07) is 13.9. The molecule has 27 heavy (non-hydrogen) atoms. The normalized spacial score (nSPS) is 14.7. The molecule has 4 rings (SSSR count). The first-order chi connectivity index (χ1) is 13.1. The van der Waals surface area contributed by atoms with Gasteiger partial charge in [0.15, 0.2) is 5.69 Å². The fourth-order valence-corrected chi connectivity index (χ4v) is 4.20. The fraction of sp³-hybridized carbons (Fsp3) is 0.318. The van der Waals surface area contributed by atoms with Crippen molar-refractivity contribution in [2.75, 3.05) is 18.0 Å². The first-order valence-corrected chi connectivity index (χ1v) is 9.78. The van der Waals surface area contributed by atoms with Crippen molar-refractivity contribution in [3.05, 3.63) is 64.3 Å². The number of piperidine rings is 1. The molecule has 2 aromatic carbocycles. The molecule has 1 aliphatic heterocycles. The van der Waals surface area contributed by atoms with Gasteiger partial charge in [0.2, 0.25) is 0 Å². The molecule has 0 atom stereocenters. The molecule has 0 spiro atoms. The highest BCUT2D eigenvalue weighted by Gasteiger charge is 2.27. The zero-order chi connectivity index (χ0) is 19.0. The number of benzene rings is 2. The number of aryl methyl sites for hydroxylation is 1. The maximum atomic E-state index is 12.3. The predicted molar refractivity (Wildman–Crippen MR) is 110 cm³/mol. The molecule has 4 nitrogen and oxygen atoms in total. The van der Waals surface area contributed by atoms with E-state index in [1.54, 1.807) is 0 Å². The lowest BCUT2D eigenvalue weighted by Crippen LogP contribution is -2.31. The molecule has 140 valence electrons. The van der Waals surface area contributed by atoms with E-state index in [-0.39, 0.29) is 0 Å². The molecular weight excluding hydrogens is 360 g/mol. The minimum Gasteiger partial charge on any atom is -0.477 e. The van der Waals surface area contributed by atoms with Gasteiger partial charge in [-0.05, 0) is 49.4 Å². The van der Waals surface area contributed by atoms with Gasteiger partial charge in [-0.25, -0.2) is 4.79 Å². The number of fused-ring (bicyclic) bond motifs is 1. The van der Waals surface area contributed by atoms with E-state index in [0.717, 1.165) is 53.6 Å². The van der Waals surface area contributed by atoms with Crippen LogP contribution in [0.15, 0.2) is 42.5 Å². The smallest absolute Gasteiger partial charge is 0.354 e. The largest absolute Gasteiger partial charge is 0.477 e. The van der Waals surface area contributed by atoms with E-state index in [4.69, 9.17) is 11.6 Å². The number of rotatable bonds is 4. The molecule has 0 radical (unpaired) electrons. The summed E-state index contributed by atoms with van der Waals surface area (Å²) in [5, 5.41) is 11.8. The van der Waals surface area contributed by atoms with E-state index in [2.05, 4.69) is 4.90 Å². The van der Waals surface area contributed by atoms with Crippen LogP contribution in [0, 0.1) is 6.92 Å². The van der Waals surface area contributed by atoms with Gasteiger partial charge in [-0.2, -0.15) is 0 Å². The van der Waals surface area contributed by atoms with Crippen LogP contribution in [0.1, 0.15) is 40.9 Å². The summed E-state index contributed by atoms with van der Waals surface area (Å²) in [7, 11) is 0. The van der Waals surface area contributed by atoms with Crippen LogP contribution in [0.5, 0.6) is 0 Å². The molecule has 0 bridgehead atoms. The van der Waals surface area contributed by atoms with Crippen molar-refractivity contribution in [2.24, 2.45) is 0 Å². The SMILES string of the molecule is Cc1cc2c(N3CCCCC3)c(C(=O)O)n(Cc3ccccc3)c2cc1Cl. The molecule has 0 unspecified atom stereocenters. The van der Waals surface area contributed by atoms with Gasteiger partial charge < -0.3 is 14.6 Å². The van der Waals surface area contributed by atoms with Crippen molar-refractivity contribution >= 4 is 34.2 Å². The zero-order valence-electron chi connectivity index (χ0n) is 15.4. The Morgan fingerprint density at radius 1 is 1.11 bits per heavy atom. The zero-order valence-corrected chi connectivity index (χ0v) is 16.2. The van der Waals surface area contributed by atoms with Gasteiger partial charge in [0.05, 0.1) is 11.2 Å². The number of carbonyl (C=O) groups is 1.